The van der Waals surface area contributed by atoms with Crippen LogP contribution in [0.15, 0.2) is 0 Å². The van der Waals surface area contributed by atoms with Crippen LogP contribution < -0.4 is 0 Å². The molecule has 30 valence electrons. The summed E-state index contributed by atoms with van der Waals surface area (Å²) in [6, 6.07) is 0. The molecule has 1 fully saturated rings. The summed E-state index contributed by atoms with van der Waals surface area (Å²) >= 11 is 2.09. The Hall–Kier alpha value is 0.517. The van der Waals surface area contributed by atoms with Gasteiger partial charge in [0.2, 0.25) is 0 Å². The Bertz CT molecular complexity index is 42.1. The molecule has 1 rings (SSSR count). The first-order valence-corrected chi connectivity index (χ1v) is 2.14. The van der Waals surface area contributed by atoms with Crippen molar-refractivity contribution in [1.29, 1.82) is 0 Å². The first kappa shape index (κ1) is 4.67. The molecule has 0 unspecified atom stereocenters. The number of rotatable bonds is 0. The Kier molecular flexibility index (Phi) is 1.55. The third kappa shape index (κ3) is 0.989. The van der Waals surface area contributed by atoms with Crippen LogP contribution in [0.3, 0.4) is 0 Å². The van der Waals surface area contributed by atoms with Crippen LogP contribution in [0.25, 0.3) is 0 Å². The topological polar surface area (TPSA) is 18.5 Å². The van der Waals surface area contributed by atoms with Crippen LogP contribution in [0, 0.1) is 0 Å². The van der Waals surface area contributed by atoms with Gasteiger partial charge in [0, 0.05) is 0 Å². The Balaban J connectivity index is 2.18. The molecule has 0 N–H and O–H groups in total. The van der Waals surface area contributed by atoms with Crippen LogP contribution in [0.5, 0.6) is 0 Å². The van der Waals surface area contributed by atoms with E-state index in [4.69, 9.17) is 0 Å². The van der Waals surface area contributed by atoms with E-state index in [-0.39, 0.29) is 0 Å². The average molecular weight is 80.0 g/mol. The molecule has 0 aliphatic carbocycles. The van der Waals surface area contributed by atoms with Crippen molar-refractivity contribution >= 4 is 17.7 Å². The van der Waals surface area contributed by atoms with Gasteiger partial charge in [-0.2, -0.15) is 0 Å². The summed E-state index contributed by atoms with van der Waals surface area (Å²) in [7, 11) is 0. The number of hydrogen-bond donors (Lipinski definition) is 0. The molecule has 2 nitrogen and oxygen atoms in total. The maximum absolute atomic E-state index is 4.56. The van der Waals surface area contributed by atoms with Gasteiger partial charge in [-0.25, -0.2) is 0 Å². The third-order valence-corrected chi connectivity index (χ3v) is 0.788. The van der Waals surface area contributed by atoms with Crippen molar-refractivity contribution in [3.63, 3.8) is 0 Å². The first-order valence-electron chi connectivity index (χ1n) is 2.14. The van der Waals surface area contributed by atoms with Crippen molar-refractivity contribution in [3.8, 4) is 0 Å². The Labute approximate surface area is 45.9 Å². The third-order valence-electron chi connectivity index (χ3n) is 0.788. The quantitative estimate of drug-likeness (QED) is 0.299. The van der Waals surface area contributed by atoms with Gasteiger partial charge >= 0.3 is 45.3 Å². The Morgan fingerprint density at radius 2 is 1.83 bits per heavy atom. The molecule has 0 aromatic rings. The van der Waals surface area contributed by atoms with Gasteiger partial charge in [0.1, 0.15) is 0 Å². The van der Waals surface area contributed by atoms with E-state index in [0.29, 0.717) is 4.59 Å². The van der Waals surface area contributed by atoms with E-state index < -0.39 is 0 Å². The van der Waals surface area contributed by atoms with E-state index in [2.05, 4.69) is 27.5 Å². The van der Waals surface area contributed by atoms with Crippen LogP contribution >= 0.6 is 0 Å². The van der Waals surface area contributed by atoms with Crippen molar-refractivity contribution in [2.45, 2.75) is 4.59 Å². The van der Waals surface area contributed by atoms with Crippen molar-refractivity contribution in [1.82, 2.24) is 0 Å². The second kappa shape index (κ2) is 1.99. The van der Waals surface area contributed by atoms with Crippen LogP contribution in [-0.4, -0.2) is 30.9 Å². The van der Waals surface area contributed by atoms with Crippen molar-refractivity contribution in [2.75, 3.05) is 13.2 Å². The normalized spacial score (nSPS) is 25.7. The summed E-state index contributed by atoms with van der Waals surface area (Å²) in [6.45, 7) is 1.53. The molecule has 6 heavy (non-hydrogen) atoms. The molecule has 0 aromatic heterocycles. The molecule has 3 heteroatoms. The monoisotopic (exact) mass is 80.0 g/mol. The summed E-state index contributed by atoms with van der Waals surface area (Å²) in [6.07, 6.45) is 0. The molecule has 0 saturated carbocycles. The zero-order valence-corrected chi connectivity index (χ0v) is 3.81. The minimum atomic E-state index is 0.602. The summed E-state index contributed by atoms with van der Waals surface area (Å²) in [5, 5.41) is 0. The van der Waals surface area contributed by atoms with Crippen LogP contribution in [0.4, 0.5) is 0 Å². The predicted molar refractivity (Wildman–Crippen MR) is 21.4 cm³/mol. The molecule has 0 bridgehead atoms. The van der Waals surface area contributed by atoms with Gasteiger partial charge in [-0.05, 0) is 0 Å². The fourth-order valence-electron chi connectivity index (χ4n) is 0.377. The van der Waals surface area contributed by atoms with E-state index in [1.54, 1.807) is 0 Å². The SMILES string of the molecule is [Li][CH]1COOC1. The maximum atomic E-state index is 4.56. The van der Waals surface area contributed by atoms with Crippen LogP contribution in [0.1, 0.15) is 0 Å². The Morgan fingerprint density at radius 1 is 1.33 bits per heavy atom. The van der Waals surface area contributed by atoms with Gasteiger partial charge in [-0.1, -0.05) is 0 Å². The fraction of sp³-hybridized carbons (Fsp3) is 1.00. The zero-order chi connectivity index (χ0) is 4.41. The summed E-state index contributed by atoms with van der Waals surface area (Å²) in [5.41, 5.74) is 0. The van der Waals surface area contributed by atoms with E-state index in [1.807, 2.05) is 0 Å². The van der Waals surface area contributed by atoms with Gasteiger partial charge < -0.3 is 0 Å². The second-order valence-corrected chi connectivity index (χ2v) is 1.67. The predicted octanol–water partition coefficient (Wildman–Crippen LogP) is -0.0948. The van der Waals surface area contributed by atoms with Crippen molar-refractivity contribution in [2.24, 2.45) is 0 Å². The fourth-order valence-corrected chi connectivity index (χ4v) is 0.377. The number of hydrogen-bond acceptors (Lipinski definition) is 2. The van der Waals surface area contributed by atoms with Gasteiger partial charge in [-0.15, -0.1) is 0 Å². The summed E-state index contributed by atoms with van der Waals surface area (Å²) in [5.74, 6) is 0. The molecule has 1 heterocycles. The van der Waals surface area contributed by atoms with E-state index in [0.717, 1.165) is 13.2 Å². The van der Waals surface area contributed by atoms with Crippen LogP contribution in [0.2, 0.25) is 4.59 Å². The average Bonchev–Trinajstić information content (AvgIpc) is 1.86. The molecule has 1 aliphatic heterocycles. The van der Waals surface area contributed by atoms with Gasteiger partial charge in [0.15, 0.2) is 0 Å². The molecule has 1 saturated heterocycles. The van der Waals surface area contributed by atoms with E-state index in [1.165, 1.54) is 0 Å². The zero-order valence-electron chi connectivity index (χ0n) is 3.81. The Morgan fingerprint density at radius 3 is 2.00 bits per heavy atom. The van der Waals surface area contributed by atoms with E-state index in [9.17, 15) is 0 Å². The van der Waals surface area contributed by atoms with Crippen LogP contribution in [-0.2, 0) is 9.78 Å². The van der Waals surface area contributed by atoms with Crippen molar-refractivity contribution in [3.05, 3.63) is 0 Å². The summed E-state index contributed by atoms with van der Waals surface area (Å²) in [4.78, 5) is 9.11. The molecule has 0 aromatic carbocycles. The van der Waals surface area contributed by atoms with Gasteiger partial charge in [-0.3, -0.25) is 0 Å². The standard InChI is InChI=1S/C3H5O2.Li/c1-2-4-5-3-1;/h1H,2-3H2;. The molecular weight excluding hydrogens is 75.0 g/mol. The molecular formula is C3H5LiO2. The molecule has 0 spiro atoms. The van der Waals surface area contributed by atoms with Crippen molar-refractivity contribution < 1.29 is 9.78 Å². The molecule has 0 atom stereocenters. The second-order valence-electron chi connectivity index (χ2n) is 1.67. The molecule has 1 aliphatic rings. The summed E-state index contributed by atoms with van der Waals surface area (Å²) < 4.78 is 0.602. The first-order chi connectivity index (χ1) is 2.89. The minimum absolute atomic E-state index is 0.602. The van der Waals surface area contributed by atoms with E-state index >= 15 is 0 Å². The molecule has 0 radical (unpaired) electrons. The van der Waals surface area contributed by atoms with Gasteiger partial charge in [0.05, 0.1) is 0 Å². The molecule has 0 amide bonds. The van der Waals surface area contributed by atoms with Gasteiger partial charge in [0.25, 0.3) is 0 Å².